The highest BCUT2D eigenvalue weighted by Gasteiger charge is 2.31. The van der Waals surface area contributed by atoms with Crippen molar-refractivity contribution >= 4 is 5.69 Å². The van der Waals surface area contributed by atoms with Gasteiger partial charge in [0.1, 0.15) is 5.82 Å². The Hall–Kier alpha value is -2.11. The molecule has 0 aliphatic rings. The summed E-state index contributed by atoms with van der Waals surface area (Å²) in [6.07, 6.45) is -1.34. The molecule has 1 atom stereocenters. The van der Waals surface area contributed by atoms with Crippen molar-refractivity contribution in [2.75, 3.05) is 5.32 Å². The van der Waals surface area contributed by atoms with Gasteiger partial charge in [-0.25, -0.2) is 4.39 Å². The highest BCUT2D eigenvalue weighted by Crippen LogP contribution is 2.32. The highest BCUT2D eigenvalue weighted by molar-refractivity contribution is 5.49. The van der Waals surface area contributed by atoms with Crippen LogP contribution in [0.1, 0.15) is 24.1 Å². The molecule has 0 aliphatic heterocycles. The van der Waals surface area contributed by atoms with E-state index in [2.05, 4.69) is 10.3 Å². The molecular weight excluding hydrogens is 272 g/mol. The maximum absolute atomic E-state index is 13.6. The molecule has 0 saturated heterocycles. The Morgan fingerprint density at radius 1 is 1.20 bits per heavy atom. The van der Waals surface area contributed by atoms with Crippen LogP contribution in [0.2, 0.25) is 0 Å². The minimum Gasteiger partial charge on any atom is -0.376 e. The van der Waals surface area contributed by atoms with Gasteiger partial charge in [0.15, 0.2) is 0 Å². The van der Waals surface area contributed by atoms with Crippen molar-refractivity contribution in [2.45, 2.75) is 19.1 Å². The second-order valence-electron chi connectivity index (χ2n) is 4.34. The monoisotopic (exact) mass is 284 g/mol. The van der Waals surface area contributed by atoms with Crippen LogP contribution in [0.25, 0.3) is 0 Å². The molecule has 1 aromatic carbocycles. The quantitative estimate of drug-likeness (QED) is 0.844. The van der Waals surface area contributed by atoms with E-state index in [1.54, 1.807) is 31.5 Å². The van der Waals surface area contributed by atoms with E-state index >= 15 is 0 Å². The number of anilines is 1. The van der Waals surface area contributed by atoms with Crippen LogP contribution in [0.3, 0.4) is 0 Å². The molecule has 106 valence electrons. The zero-order valence-electron chi connectivity index (χ0n) is 10.6. The molecule has 2 aromatic rings. The van der Waals surface area contributed by atoms with E-state index < -0.39 is 17.6 Å². The molecule has 20 heavy (non-hydrogen) atoms. The first-order valence-corrected chi connectivity index (χ1v) is 5.91. The maximum Gasteiger partial charge on any atom is 0.416 e. The number of nitrogens with zero attached hydrogens (tertiary/aromatic N) is 1. The zero-order valence-corrected chi connectivity index (χ0v) is 10.6. The number of benzene rings is 1. The number of rotatable bonds is 3. The molecule has 0 radical (unpaired) electrons. The van der Waals surface area contributed by atoms with Crippen molar-refractivity contribution < 1.29 is 17.6 Å². The summed E-state index contributed by atoms with van der Waals surface area (Å²) in [4.78, 5) is 3.91. The molecule has 2 nitrogen and oxygen atoms in total. The van der Waals surface area contributed by atoms with E-state index in [1.807, 2.05) is 0 Å². The second-order valence-corrected chi connectivity index (χ2v) is 4.34. The Balaban J connectivity index is 2.25. The SMILES string of the molecule is CC(Nc1cc(C(F)(F)F)ccc1F)c1cccnc1. The summed E-state index contributed by atoms with van der Waals surface area (Å²) in [5.41, 5.74) is -0.319. The number of pyridine rings is 1. The number of nitrogens with one attached hydrogen (secondary N) is 1. The first kappa shape index (κ1) is 14.3. The first-order valence-electron chi connectivity index (χ1n) is 5.91. The molecule has 0 bridgehead atoms. The lowest BCUT2D eigenvalue weighted by Crippen LogP contribution is -2.11. The summed E-state index contributed by atoms with van der Waals surface area (Å²) in [7, 11) is 0. The third-order valence-electron chi connectivity index (χ3n) is 2.85. The van der Waals surface area contributed by atoms with E-state index in [9.17, 15) is 17.6 Å². The number of hydrogen-bond acceptors (Lipinski definition) is 2. The molecule has 0 spiro atoms. The van der Waals surface area contributed by atoms with E-state index in [4.69, 9.17) is 0 Å². The van der Waals surface area contributed by atoms with Gasteiger partial charge in [0.05, 0.1) is 17.3 Å². The van der Waals surface area contributed by atoms with Crippen LogP contribution >= 0.6 is 0 Å². The summed E-state index contributed by atoms with van der Waals surface area (Å²) in [5, 5.41) is 2.72. The molecule has 1 aromatic heterocycles. The Labute approximate surface area is 113 Å². The largest absolute Gasteiger partial charge is 0.416 e. The van der Waals surface area contributed by atoms with Crippen LogP contribution in [0.5, 0.6) is 0 Å². The Morgan fingerprint density at radius 3 is 2.55 bits per heavy atom. The fraction of sp³-hybridized carbons (Fsp3) is 0.214. The average Bonchev–Trinajstić information content (AvgIpc) is 2.41. The van der Waals surface area contributed by atoms with Gasteiger partial charge >= 0.3 is 6.18 Å². The van der Waals surface area contributed by atoms with E-state index in [0.29, 0.717) is 0 Å². The highest BCUT2D eigenvalue weighted by atomic mass is 19.4. The van der Waals surface area contributed by atoms with Crippen LogP contribution < -0.4 is 5.32 Å². The molecule has 0 amide bonds. The molecule has 1 heterocycles. The Kier molecular flexibility index (Phi) is 3.92. The topological polar surface area (TPSA) is 24.9 Å². The Morgan fingerprint density at radius 2 is 1.95 bits per heavy atom. The summed E-state index contributed by atoms with van der Waals surface area (Å²) >= 11 is 0. The van der Waals surface area contributed by atoms with Crippen LogP contribution in [0.4, 0.5) is 23.2 Å². The van der Waals surface area contributed by atoms with Gasteiger partial charge < -0.3 is 5.32 Å². The molecule has 6 heteroatoms. The fourth-order valence-corrected chi connectivity index (χ4v) is 1.76. The number of aromatic nitrogens is 1. The minimum absolute atomic E-state index is 0.184. The lowest BCUT2D eigenvalue weighted by Gasteiger charge is -2.17. The van der Waals surface area contributed by atoms with Gasteiger partial charge in [0.25, 0.3) is 0 Å². The molecule has 1 unspecified atom stereocenters. The van der Waals surface area contributed by atoms with Crippen molar-refractivity contribution in [1.82, 2.24) is 4.98 Å². The third-order valence-corrected chi connectivity index (χ3v) is 2.85. The van der Waals surface area contributed by atoms with Gasteiger partial charge in [-0.2, -0.15) is 13.2 Å². The van der Waals surface area contributed by atoms with Crippen molar-refractivity contribution in [3.05, 3.63) is 59.7 Å². The van der Waals surface area contributed by atoms with Crippen molar-refractivity contribution in [3.63, 3.8) is 0 Å². The lowest BCUT2D eigenvalue weighted by molar-refractivity contribution is -0.137. The zero-order chi connectivity index (χ0) is 14.8. The number of alkyl halides is 3. The van der Waals surface area contributed by atoms with Gasteiger partial charge in [0, 0.05) is 12.4 Å². The Bertz CT molecular complexity index is 581. The maximum atomic E-state index is 13.6. The molecular formula is C14H12F4N2. The summed E-state index contributed by atoms with van der Waals surface area (Å²) < 4.78 is 51.4. The smallest absolute Gasteiger partial charge is 0.376 e. The van der Waals surface area contributed by atoms with Gasteiger partial charge in [-0.15, -0.1) is 0 Å². The van der Waals surface area contributed by atoms with Crippen LogP contribution in [-0.4, -0.2) is 4.98 Å². The van der Waals surface area contributed by atoms with Crippen molar-refractivity contribution in [1.29, 1.82) is 0 Å². The minimum atomic E-state index is -4.50. The van der Waals surface area contributed by atoms with Crippen molar-refractivity contribution in [2.24, 2.45) is 0 Å². The number of halogens is 4. The lowest BCUT2D eigenvalue weighted by atomic mass is 10.1. The second kappa shape index (κ2) is 5.48. The van der Waals surface area contributed by atoms with Gasteiger partial charge in [0.2, 0.25) is 0 Å². The van der Waals surface area contributed by atoms with E-state index in [-0.39, 0.29) is 11.7 Å². The van der Waals surface area contributed by atoms with Gasteiger partial charge in [-0.1, -0.05) is 6.07 Å². The van der Waals surface area contributed by atoms with Crippen molar-refractivity contribution in [3.8, 4) is 0 Å². The van der Waals surface area contributed by atoms with Gasteiger partial charge in [-0.3, -0.25) is 4.98 Å². The molecule has 1 N–H and O–H groups in total. The summed E-state index contributed by atoms with van der Waals surface area (Å²) in [5.74, 6) is -0.728. The molecule has 2 rings (SSSR count). The van der Waals surface area contributed by atoms with E-state index in [1.165, 1.54) is 0 Å². The standard InChI is InChI=1S/C14H12F4N2/c1-9(10-3-2-6-19-8-10)20-13-7-11(14(16,17)18)4-5-12(13)15/h2-9,20H,1H3. The van der Waals surface area contributed by atoms with Gasteiger partial charge in [-0.05, 0) is 36.8 Å². The summed E-state index contributed by atoms with van der Waals surface area (Å²) in [6, 6.07) is 5.40. The normalized spacial score (nSPS) is 13.1. The predicted octanol–water partition coefficient (Wildman–Crippen LogP) is 4.41. The molecule has 0 aliphatic carbocycles. The van der Waals surface area contributed by atoms with Crippen LogP contribution in [0.15, 0.2) is 42.7 Å². The van der Waals surface area contributed by atoms with E-state index in [0.717, 1.165) is 23.8 Å². The number of hydrogen-bond donors (Lipinski definition) is 1. The third kappa shape index (κ3) is 3.26. The van der Waals surface area contributed by atoms with Crippen LogP contribution in [0, 0.1) is 5.82 Å². The van der Waals surface area contributed by atoms with Crippen LogP contribution in [-0.2, 0) is 6.18 Å². The fourth-order valence-electron chi connectivity index (χ4n) is 1.76. The molecule has 0 saturated carbocycles. The predicted molar refractivity (Wildman–Crippen MR) is 67.7 cm³/mol. The average molecular weight is 284 g/mol. The molecule has 0 fully saturated rings. The summed E-state index contributed by atoms with van der Waals surface area (Å²) in [6.45, 7) is 1.72. The first-order chi connectivity index (χ1) is 9.38.